The molecule has 6 heteroatoms. The van der Waals surface area contributed by atoms with Gasteiger partial charge in [-0.3, -0.25) is 4.79 Å². The van der Waals surface area contributed by atoms with Crippen molar-refractivity contribution in [3.05, 3.63) is 89.4 Å². The first-order chi connectivity index (χ1) is 15.1. The predicted molar refractivity (Wildman–Crippen MR) is 123 cm³/mol. The van der Waals surface area contributed by atoms with Crippen molar-refractivity contribution >= 4 is 45.1 Å². The summed E-state index contributed by atoms with van der Waals surface area (Å²) in [5, 5.41) is 5.51. The summed E-state index contributed by atoms with van der Waals surface area (Å²) in [6, 6.07) is 24.2. The summed E-state index contributed by atoms with van der Waals surface area (Å²) in [4.78, 5) is 17.4. The summed E-state index contributed by atoms with van der Waals surface area (Å²) in [5.74, 6) is 0.774. The Morgan fingerprint density at radius 3 is 2.45 bits per heavy atom. The predicted octanol–water partition coefficient (Wildman–Crippen LogP) is 6.56. The van der Waals surface area contributed by atoms with E-state index in [9.17, 15) is 4.79 Å². The third-order valence-corrected chi connectivity index (χ3v) is 5.29. The van der Waals surface area contributed by atoms with Crippen molar-refractivity contribution in [1.29, 1.82) is 0 Å². The highest BCUT2D eigenvalue weighted by Crippen LogP contribution is 2.29. The normalized spacial score (nSPS) is 11.0. The van der Waals surface area contributed by atoms with E-state index in [0.717, 1.165) is 16.3 Å². The van der Waals surface area contributed by atoms with E-state index in [0.29, 0.717) is 39.0 Å². The third kappa shape index (κ3) is 3.71. The zero-order valence-corrected chi connectivity index (χ0v) is 17.3. The third-order valence-electron chi connectivity index (χ3n) is 5.05. The molecule has 0 radical (unpaired) electrons. The van der Waals surface area contributed by atoms with Crippen LogP contribution in [-0.2, 0) is 0 Å². The number of hydrogen-bond acceptors (Lipinski definition) is 4. The van der Waals surface area contributed by atoms with Gasteiger partial charge < -0.3 is 14.5 Å². The lowest BCUT2D eigenvalue weighted by Gasteiger charge is -2.11. The molecule has 0 atom stereocenters. The van der Waals surface area contributed by atoms with E-state index in [-0.39, 0.29) is 5.91 Å². The number of amides is 1. The largest absolute Gasteiger partial charge is 0.496 e. The second-order valence-electron chi connectivity index (χ2n) is 7.06. The minimum Gasteiger partial charge on any atom is -0.496 e. The Balaban J connectivity index is 1.40. The average Bonchev–Trinajstić information content (AvgIpc) is 3.21. The van der Waals surface area contributed by atoms with Gasteiger partial charge in [0.25, 0.3) is 5.91 Å². The molecule has 31 heavy (non-hydrogen) atoms. The molecule has 5 nitrogen and oxygen atoms in total. The molecule has 0 fully saturated rings. The summed E-state index contributed by atoms with van der Waals surface area (Å²) < 4.78 is 11.2. The lowest BCUT2D eigenvalue weighted by atomic mass is 10.1. The lowest BCUT2D eigenvalue weighted by molar-refractivity contribution is 0.102. The molecule has 0 saturated carbocycles. The van der Waals surface area contributed by atoms with Crippen LogP contribution in [0.2, 0.25) is 5.02 Å². The van der Waals surface area contributed by atoms with Crippen LogP contribution in [0.15, 0.2) is 83.3 Å². The van der Waals surface area contributed by atoms with Crippen LogP contribution in [0.5, 0.6) is 5.75 Å². The van der Waals surface area contributed by atoms with E-state index in [2.05, 4.69) is 10.3 Å². The Morgan fingerprint density at radius 1 is 0.968 bits per heavy atom. The number of hydrogen-bond donors (Lipinski definition) is 1. The number of aromatic nitrogens is 1. The fourth-order valence-electron chi connectivity index (χ4n) is 3.48. The Morgan fingerprint density at radius 2 is 1.71 bits per heavy atom. The fraction of sp³-hybridized carbons (Fsp3) is 0.0400. The van der Waals surface area contributed by atoms with E-state index in [1.807, 2.05) is 60.7 Å². The molecule has 0 aliphatic rings. The second-order valence-corrected chi connectivity index (χ2v) is 7.50. The fourth-order valence-corrected chi connectivity index (χ4v) is 3.65. The zero-order chi connectivity index (χ0) is 21.4. The number of halogens is 1. The molecule has 0 unspecified atom stereocenters. The Labute approximate surface area is 183 Å². The summed E-state index contributed by atoms with van der Waals surface area (Å²) in [7, 11) is 1.56. The van der Waals surface area contributed by atoms with Crippen LogP contribution in [0, 0.1) is 0 Å². The maximum Gasteiger partial charge on any atom is 0.259 e. The number of anilines is 1. The van der Waals surface area contributed by atoms with Crippen LogP contribution < -0.4 is 10.1 Å². The van der Waals surface area contributed by atoms with Crippen LogP contribution >= 0.6 is 11.6 Å². The SMILES string of the molecule is COc1cc2ccccc2cc1C(=O)Nc1ccc(-c2nc3cc(Cl)ccc3o2)cc1. The molecule has 5 aromatic rings. The van der Waals surface area contributed by atoms with E-state index in [4.69, 9.17) is 20.8 Å². The summed E-state index contributed by atoms with van der Waals surface area (Å²) in [5.41, 5.74) is 3.29. The van der Waals surface area contributed by atoms with Crippen molar-refractivity contribution in [3.8, 4) is 17.2 Å². The average molecular weight is 429 g/mol. The highest BCUT2D eigenvalue weighted by Gasteiger charge is 2.15. The van der Waals surface area contributed by atoms with Crippen LogP contribution in [0.3, 0.4) is 0 Å². The quantitative estimate of drug-likeness (QED) is 0.352. The molecular weight excluding hydrogens is 412 g/mol. The smallest absolute Gasteiger partial charge is 0.259 e. The van der Waals surface area contributed by atoms with Gasteiger partial charge in [0.05, 0.1) is 12.7 Å². The summed E-state index contributed by atoms with van der Waals surface area (Å²) in [6.07, 6.45) is 0. The molecule has 1 aromatic heterocycles. The number of rotatable bonds is 4. The number of methoxy groups -OCH3 is 1. The van der Waals surface area contributed by atoms with Crippen molar-refractivity contribution in [2.45, 2.75) is 0 Å². The minimum atomic E-state index is -0.244. The maximum absolute atomic E-state index is 12.9. The number of carbonyl (C=O) groups excluding carboxylic acids is 1. The Kier molecular flexibility index (Phi) is 4.81. The lowest BCUT2D eigenvalue weighted by Crippen LogP contribution is -2.13. The summed E-state index contributed by atoms with van der Waals surface area (Å²) >= 11 is 6.02. The van der Waals surface area contributed by atoms with Gasteiger partial charge in [-0.15, -0.1) is 0 Å². The van der Waals surface area contributed by atoms with E-state index >= 15 is 0 Å². The number of nitrogens with zero attached hydrogens (tertiary/aromatic N) is 1. The molecule has 5 rings (SSSR count). The maximum atomic E-state index is 12.9. The van der Waals surface area contributed by atoms with Crippen LogP contribution in [0.25, 0.3) is 33.3 Å². The molecule has 1 amide bonds. The van der Waals surface area contributed by atoms with E-state index in [1.54, 1.807) is 25.3 Å². The van der Waals surface area contributed by atoms with E-state index in [1.165, 1.54) is 0 Å². The molecule has 0 aliphatic carbocycles. The Bertz CT molecular complexity index is 1420. The van der Waals surface area contributed by atoms with Gasteiger partial charge in [-0.2, -0.15) is 0 Å². The number of ether oxygens (including phenoxy) is 1. The van der Waals surface area contributed by atoms with Gasteiger partial charge in [0, 0.05) is 16.3 Å². The molecule has 1 N–H and O–H groups in total. The minimum absolute atomic E-state index is 0.244. The molecule has 0 spiro atoms. The molecule has 0 aliphatic heterocycles. The van der Waals surface area contributed by atoms with Crippen LogP contribution in [-0.4, -0.2) is 18.0 Å². The van der Waals surface area contributed by atoms with Crippen molar-refractivity contribution in [3.63, 3.8) is 0 Å². The van der Waals surface area contributed by atoms with Crippen LogP contribution in [0.1, 0.15) is 10.4 Å². The Hall–Kier alpha value is -3.83. The first-order valence-corrected chi connectivity index (χ1v) is 10.0. The van der Waals surface area contributed by atoms with Crippen molar-refractivity contribution in [2.75, 3.05) is 12.4 Å². The standard InChI is InChI=1S/C25H17ClN2O3/c1-30-23-13-17-5-3-2-4-16(17)12-20(23)24(29)27-19-9-6-15(7-10-19)25-28-21-14-18(26)8-11-22(21)31-25/h2-14H,1H3,(H,27,29). The molecule has 1 heterocycles. The first-order valence-electron chi connectivity index (χ1n) is 9.65. The van der Waals surface area contributed by atoms with Crippen molar-refractivity contribution in [2.24, 2.45) is 0 Å². The highest BCUT2D eigenvalue weighted by molar-refractivity contribution is 6.31. The van der Waals surface area contributed by atoms with Crippen molar-refractivity contribution < 1.29 is 13.9 Å². The van der Waals surface area contributed by atoms with Gasteiger partial charge >= 0.3 is 0 Å². The van der Waals surface area contributed by atoms with Crippen LogP contribution in [0.4, 0.5) is 5.69 Å². The zero-order valence-electron chi connectivity index (χ0n) is 16.6. The molecule has 152 valence electrons. The number of fused-ring (bicyclic) bond motifs is 2. The number of oxazole rings is 1. The number of benzene rings is 4. The summed E-state index contributed by atoms with van der Waals surface area (Å²) in [6.45, 7) is 0. The topological polar surface area (TPSA) is 64.4 Å². The second kappa shape index (κ2) is 7.78. The van der Waals surface area contributed by atoms with Gasteiger partial charge in [0.1, 0.15) is 11.3 Å². The highest BCUT2D eigenvalue weighted by atomic mass is 35.5. The number of nitrogens with one attached hydrogen (secondary N) is 1. The van der Waals surface area contributed by atoms with Gasteiger partial charge in [-0.05, 0) is 65.4 Å². The molecule has 4 aromatic carbocycles. The molecule has 0 bridgehead atoms. The van der Waals surface area contributed by atoms with Crippen molar-refractivity contribution in [1.82, 2.24) is 4.98 Å². The molecule has 0 saturated heterocycles. The molecular formula is C25H17ClN2O3. The number of carbonyl (C=O) groups is 1. The van der Waals surface area contributed by atoms with Gasteiger partial charge in [0.15, 0.2) is 5.58 Å². The van der Waals surface area contributed by atoms with Gasteiger partial charge in [-0.1, -0.05) is 35.9 Å². The van der Waals surface area contributed by atoms with Gasteiger partial charge in [0.2, 0.25) is 5.89 Å². The monoisotopic (exact) mass is 428 g/mol. The van der Waals surface area contributed by atoms with Gasteiger partial charge in [-0.25, -0.2) is 4.98 Å². The first kappa shape index (κ1) is 19.2. The van der Waals surface area contributed by atoms with E-state index < -0.39 is 0 Å².